The van der Waals surface area contributed by atoms with Crippen LogP contribution in [0.1, 0.15) is 5.56 Å². The zero-order chi connectivity index (χ0) is 9.97. The Balaban J connectivity index is 2.28. The van der Waals surface area contributed by atoms with Crippen molar-refractivity contribution in [2.45, 2.75) is 6.54 Å². The van der Waals surface area contributed by atoms with Gasteiger partial charge in [0, 0.05) is 17.8 Å². The summed E-state index contributed by atoms with van der Waals surface area (Å²) >= 11 is 0. The number of hydrogen-bond donors (Lipinski definition) is 0. The fourth-order valence-electron chi connectivity index (χ4n) is 1.13. The zero-order valence-corrected chi connectivity index (χ0v) is 7.19. The van der Waals surface area contributed by atoms with Crippen molar-refractivity contribution in [2.75, 3.05) is 0 Å². The predicted molar refractivity (Wildman–Crippen MR) is 45.5 cm³/mol. The summed E-state index contributed by atoms with van der Waals surface area (Å²) in [6.07, 6.45) is 3.88. The lowest BCUT2D eigenvalue weighted by atomic mass is 10.2. The molecule has 0 atom stereocenters. The summed E-state index contributed by atoms with van der Waals surface area (Å²) < 4.78 is 27.1. The van der Waals surface area contributed by atoms with Gasteiger partial charge >= 0.3 is 0 Å². The third-order valence-corrected chi connectivity index (χ3v) is 1.84. The van der Waals surface area contributed by atoms with Crippen LogP contribution >= 0.6 is 0 Å². The first kappa shape index (κ1) is 8.80. The van der Waals surface area contributed by atoms with Crippen LogP contribution in [0.2, 0.25) is 0 Å². The first-order valence-corrected chi connectivity index (χ1v) is 4.03. The molecule has 0 spiro atoms. The molecule has 0 amide bonds. The van der Waals surface area contributed by atoms with Gasteiger partial charge in [-0.15, -0.1) is 0 Å². The average Bonchev–Trinajstić information content (AvgIpc) is 2.56. The molecule has 3 nitrogen and oxygen atoms in total. The molecule has 14 heavy (non-hydrogen) atoms. The molecule has 0 N–H and O–H groups in total. The maximum Gasteiger partial charge on any atom is 0.211 e. The van der Waals surface area contributed by atoms with Crippen LogP contribution in [0.4, 0.5) is 8.78 Å². The summed E-state index contributed by atoms with van der Waals surface area (Å²) in [5.74, 6) is -0.941. The van der Waals surface area contributed by atoms with E-state index in [0.29, 0.717) is 5.56 Å². The van der Waals surface area contributed by atoms with Crippen LogP contribution in [-0.2, 0) is 6.54 Å². The first-order valence-electron chi connectivity index (χ1n) is 4.03. The fraction of sp³-hybridized carbons (Fsp3) is 0.111. The molecule has 0 aromatic carbocycles. The molecule has 2 aromatic heterocycles. The molecule has 0 saturated heterocycles. The molecule has 2 rings (SSSR count). The summed E-state index contributed by atoms with van der Waals surface area (Å²) in [6, 6.07) is 2.72. The third kappa shape index (κ3) is 1.61. The number of nitrogens with zero attached hydrogens (tertiary/aromatic N) is 3. The van der Waals surface area contributed by atoms with Gasteiger partial charge in [0.15, 0.2) is 0 Å². The van der Waals surface area contributed by atoms with Gasteiger partial charge in [-0.1, -0.05) is 0 Å². The van der Waals surface area contributed by atoms with Crippen LogP contribution in [0.15, 0.2) is 30.7 Å². The first-order chi connectivity index (χ1) is 6.77. The van der Waals surface area contributed by atoms with Gasteiger partial charge in [-0.05, 0) is 6.07 Å². The highest BCUT2D eigenvalue weighted by Crippen LogP contribution is 2.07. The normalized spacial score (nSPS) is 10.4. The molecule has 0 aliphatic heterocycles. The van der Waals surface area contributed by atoms with Gasteiger partial charge in [-0.3, -0.25) is 4.98 Å². The summed E-state index contributed by atoms with van der Waals surface area (Å²) in [7, 11) is 0. The Morgan fingerprint density at radius 3 is 2.71 bits per heavy atom. The molecule has 72 valence electrons. The number of pyridine rings is 1. The molecule has 0 aliphatic rings. The van der Waals surface area contributed by atoms with Crippen molar-refractivity contribution in [1.82, 2.24) is 14.8 Å². The van der Waals surface area contributed by atoms with Crippen LogP contribution in [0.25, 0.3) is 0 Å². The standard InChI is InChI=1S/C9H7F2N3/c10-8-5-12-3-1-7(8)6-14-9(11)2-4-13-14/h1-5H,6H2. The maximum atomic E-state index is 13.1. The number of rotatable bonds is 2. The molecule has 0 fully saturated rings. The molecular formula is C9H7F2N3. The fourth-order valence-corrected chi connectivity index (χ4v) is 1.13. The van der Waals surface area contributed by atoms with Gasteiger partial charge in [0.25, 0.3) is 0 Å². The number of aromatic nitrogens is 3. The summed E-state index contributed by atoms with van der Waals surface area (Å²) in [4.78, 5) is 3.60. The van der Waals surface area contributed by atoms with Gasteiger partial charge in [-0.25, -0.2) is 9.07 Å². The van der Waals surface area contributed by atoms with E-state index in [0.717, 1.165) is 10.9 Å². The van der Waals surface area contributed by atoms with E-state index in [1.54, 1.807) is 0 Å². The molecule has 0 radical (unpaired) electrons. The monoisotopic (exact) mass is 195 g/mol. The van der Waals surface area contributed by atoms with Crippen molar-refractivity contribution in [2.24, 2.45) is 0 Å². The highest BCUT2D eigenvalue weighted by atomic mass is 19.1. The van der Waals surface area contributed by atoms with Crippen molar-refractivity contribution in [3.05, 3.63) is 48.1 Å². The summed E-state index contributed by atoms with van der Waals surface area (Å²) in [5.41, 5.74) is 0.364. The van der Waals surface area contributed by atoms with Gasteiger partial charge in [0.1, 0.15) is 5.82 Å². The highest BCUT2D eigenvalue weighted by Gasteiger charge is 2.05. The van der Waals surface area contributed by atoms with Gasteiger partial charge in [-0.2, -0.15) is 9.49 Å². The lowest BCUT2D eigenvalue weighted by molar-refractivity contribution is 0.471. The van der Waals surface area contributed by atoms with Gasteiger partial charge in [0.2, 0.25) is 5.95 Å². The van der Waals surface area contributed by atoms with E-state index < -0.39 is 11.8 Å². The Kier molecular flexibility index (Phi) is 2.22. The molecule has 2 aromatic rings. The second-order valence-electron chi connectivity index (χ2n) is 2.78. The van der Waals surface area contributed by atoms with E-state index in [2.05, 4.69) is 10.1 Å². The molecule has 0 bridgehead atoms. The van der Waals surface area contributed by atoms with Gasteiger partial charge < -0.3 is 0 Å². The minimum atomic E-state index is -0.485. The number of halogens is 2. The molecule has 2 heterocycles. The number of hydrogen-bond acceptors (Lipinski definition) is 2. The third-order valence-electron chi connectivity index (χ3n) is 1.84. The summed E-state index contributed by atoms with van der Waals surface area (Å²) in [6.45, 7) is 0.0766. The minimum Gasteiger partial charge on any atom is -0.262 e. The largest absolute Gasteiger partial charge is 0.262 e. The van der Waals surface area contributed by atoms with Crippen molar-refractivity contribution in [3.63, 3.8) is 0 Å². The van der Waals surface area contributed by atoms with Crippen molar-refractivity contribution in [3.8, 4) is 0 Å². The van der Waals surface area contributed by atoms with E-state index in [1.807, 2.05) is 0 Å². The second kappa shape index (κ2) is 3.53. The molecule has 0 saturated carbocycles. The van der Waals surface area contributed by atoms with Crippen LogP contribution < -0.4 is 0 Å². The maximum absolute atomic E-state index is 13.1. The van der Waals surface area contributed by atoms with E-state index in [-0.39, 0.29) is 6.54 Å². The smallest absolute Gasteiger partial charge is 0.211 e. The molecule has 0 aliphatic carbocycles. The van der Waals surface area contributed by atoms with E-state index in [4.69, 9.17) is 0 Å². The second-order valence-corrected chi connectivity index (χ2v) is 2.78. The Labute approximate surface area is 79.0 Å². The highest BCUT2D eigenvalue weighted by molar-refractivity contribution is 5.12. The van der Waals surface area contributed by atoms with Crippen LogP contribution in [0.3, 0.4) is 0 Å². The molecule has 5 heteroatoms. The molecular weight excluding hydrogens is 188 g/mol. The minimum absolute atomic E-state index is 0.0766. The van der Waals surface area contributed by atoms with Crippen LogP contribution in [-0.4, -0.2) is 14.8 Å². The quantitative estimate of drug-likeness (QED) is 0.728. The Bertz CT molecular complexity index is 439. The summed E-state index contributed by atoms with van der Waals surface area (Å²) in [5, 5.41) is 3.71. The van der Waals surface area contributed by atoms with E-state index >= 15 is 0 Å². The van der Waals surface area contributed by atoms with Crippen molar-refractivity contribution in [1.29, 1.82) is 0 Å². The van der Waals surface area contributed by atoms with Crippen molar-refractivity contribution >= 4 is 0 Å². The Morgan fingerprint density at radius 2 is 2.07 bits per heavy atom. The Hall–Kier alpha value is -1.78. The average molecular weight is 195 g/mol. The van der Waals surface area contributed by atoms with Gasteiger partial charge in [0.05, 0.1) is 18.9 Å². The molecule has 0 unspecified atom stereocenters. The predicted octanol–water partition coefficient (Wildman–Crippen LogP) is 1.60. The zero-order valence-electron chi connectivity index (χ0n) is 7.19. The Morgan fingerprint density at radius 1 is 1.21 bits per heavy atom. The lowest BCUT2D eigenvalue weighted by Crippen LogP contribution is -2.06. The topological polar surface area (TPSA) is 30.7 Å². The van der Waals surface area contributed by atoms with Crippen molar-refractivity contribution < 1.29 is 8.78 Å². The van der Waals surface area contributed by atoms with Crippen LogP contribution in [0, 0.1) is 11.8 Å². The lowest BCUT2D eigenvalue weighted by Gasteiger charge is -2.02. The van der Waals surface area contributed by atoms with E-state index in [1.165, 1.54) is 24.5 Å². The SMILES string of the molecule is Fc1cnccc1Cn1nccc1F. The van der Waals surface area contributed by atoms with Crippen LogP contribution in [0.5, 0.6) is 0 Å². The van der Waals surface area contributed by atoms with E-state index in [9.17, 15) is 8.78 Å².